The molecule has 17 heavy (non-hydrogen) atoms. The van der Waals surface area contributed by atoms with Gasteiger partial charge < -0.3 is 5.32 Å². The van der Waals surface area contributed by atoms with E-state index in [-0.39, 0.29) is 6.04 Å². The fraction of sp³-hybridized carbons (Fsp3) is 0.250. The van der Waals surface area contributed by atoms with Gasteiger partial charge in [0.1, 0.15) is 0 Å². The number of benzene rings is 1. The summed E-state index contributed by atoms with van der Waals surface area (Å²) in [7, 11) is 0. The lowest BCUT2D eigenvalue weighted by molar-refractivity contribution is 0.567. The average Bonchev–Trinajstić information content (AvgIpc) is 2.89. The van der Waals surface area contributed by atoms with Crippen molar-refractivity contribution < 1.29 is 0 Å². The molecule has 0 bridgehead atoms. The maximum Gasteiger partial charge on any atom is 0.0991 e. The van der Waals surface area contributed by atoms with Gasteiger partial charge in [0, 0.05) is 18.0 Å². The molecule has 1 N–H and O–H groups in total. The molecular weight excluding hydrogens is 232 g/mol. The third kappa shape index (κ3) is 3.09. The van der Waals surface area contributed by atoms with E-state index in [0.717, 1.165) is 11.3 Å². The van der Waals surface area contributed by atoms with E-state index in [9.17, 15) is 0 Å². The molecule has 2 aromatic rings. The average molecular weight is 244 g/mol. The van der Waals surface area contributed by atoms with Gasteiger partial charge in [-0.1, -0.05) is 16.6 Å². The Morgan fingerprint density at radius 2 is 2.18 bits per heavy atom. The number of nitrogens with zero attached hydrogens (tertiary/aromatic N) is 3. The molecule has 0 fully saturated rings. The van der Waals surface area contributed by atoms with Crippen LogP contribution in [0.4, 0.5) is 0 Å². The van der Waals surface area contributed by atoms with Crippen LogP contribution in [0.25, 0.3) is 0 Å². The van der Waals surface area contributed by atoms with Gasteiger partial charge in [0.15, 0.2) is 0 Å². The molecule has 0 amide bonds. The quantitative estimate of drug-likeness (QED) is 0.896. The molecular formula is C12H12N4S. The standard InChI is InChI=1S/C12H12N4S/c1-9(14-7-12-8-17-16-15-12)11-4-2-10(6-13)3-5-11/h2-5,8-9,14H,7H2,1H3. The molecule has 1 aromatic heterocycles. The second-order valence-corrected chi connectivity index (χ2v) is 4.34. The first-order valence-corrected chi connectivity index (χ1v) is 6.12. The van der Waals surface area contributed by atoms with Gasteiger partial charge in [-0.3, -0.25) is 0 Å². The maximum absolute atomic E-state index is 8.72. The van der Waals surface area contributed by atoms with Crippen molar-refractivity contribution in [3.8, 4) is 6.07 Å². The normalized spacial score (nSPS) is 12.0. The van der Waals surface area contributed by atoms with Crippen molar-refractivity contribution in [2.75, 3.05) is 0 Å². The summed E-state index contributed by atoms with van der Waals surface area (Å²) >= 11 is 1.35. The number of nitriles is 1. The summed E-state index contributed by atoms with van der Waals surface area (Å²) in [6, 6.07) is 9.93. The monoisotopic (exact) mass is 244 g/mol. The zero-order valence-electron chi connectivity index (χ0n) is 9.42. The van der Waals surface area contributed by atoms with Crippen LogP contribution in [0.1, 0.15) is 29.8 Å². The van der Waals surface area contributed by atoms with E-state index < -0.39 is 0 Å². The Labute approximate surface area is 104 Å². The molecule has 1 heterocycles. The van der Waals surface area contributed by atoms with Gasteiger partial charge in [-0.15, -0.1) is 5.10 Å². The van der Waals surface area contributed by atoms with Gasteiger partial charge in [0.25, 0.3) is 0 Å². The summed E-state index contributed by atoms with van der Waals surface area (Å²) in [4.78, 5) is 0. The van der Waals surface area contributed by atoms with Gasteiger partial charge in [0.2, 0.25) is 0 Å². The highest BCUT2D eigenvalue weighted by molar-refractivity contribution is 7.03. The van der Waals surface area contributed by atoms with E-state index in [1.54, 1.807) is 0 Å². The summed E-state index contributed by atoms with van der Waals surface area (Å²) in [5.41, 5.74) is 2.80. The summed E-state index contributed by atoms with van der Waals surface area (Å²) in [5.74, 6) is 0. The number of hydrogen-bond donors (Lipinski definition) is 1. The highest BCUT2D eigenvalue weighted by atomic mass is 32.1. The molecule has 0 aliphatic carbocycles. The second-order valence-electron chi connectivity index (χ2n) is 3.73. The largest absolute Gasteiger partial charge is 0.304 e. The van der Waals surface area contributed by atoms with Crippen LogP contribution in [0.5, 0.6) is 0 Å². The summed E-state index contributed by atoms with van der Waals surface area (Å²) < 4.78 is 3.81. The van der Waals surface area contributed by atoms with Crippen LogP contribution in [0.2, 0.25) is 0 Å². The van der Waals surface area contributed by atoms with Crippen LogP contribution in [-0.4, -0.2) is 9.59 Å². The highest BCUT2D eigenvalue weighted by Gasteiger charge is 2.05. The van der Waals surface area contributed by atoms with E-state index in [1.165, 1.54) is 11.5 Å². The summed E-state index contributed by atoms with van der Waals surface area (Å²) in [5, 5.41) is 18.0. The number of nitrogens with one attached hydrogen (secondary N) is 1. The lowest BCUT2D eigenvalue weighted by Crippen LogP contribution is -2.18. The Hall–Kier alpha value is -1.77. The fourth-order valence-electron chi connectivity index (χ4n) is 1.48. The van der Waals surface area contributed by atoms with Gasteiger partial charge in [-0.25, -0.2) is 0 Å². The van der Waals surface area contributed by atoms with Gasteiger partial charge >= 0.3 is 0 Å². The van der Waals surface area contributed by atoms with Gasteiger partial charge in [-0.2, -0.15) is 5.26 Å². The Morgan fingerprint density at radius 1 is 1.41 bits per heavy atom. The van der Waals surface area contributed by atoms with Crippen molar-refractivity contribution in [1.29, 1.82) is 5.26 Å². The van der Waals surface area contributed by atoms with Crippen LogP contribution in [0.3, 0.4) is 0 Å². The predicted octanol–water partition coefficient (Wildman–Crippen LogP) is 2.26. The van der Waals surface area contributed by atoms with Crippen molar-refractivity contribution in [2.24, 2.45) is 0 Å². The Balaban J connectivity index is 1.95. The summed E-state index contributed by atoms with van der Waals surface area (Å²) in [6.07, 6.45) is 0. The highest BCUT2D eigenvalue weighted by Crippen LogP contribution is 2.13. The van der Waals surface area contributed by atoms with Crippen molar-refractivity contribution >= 4 is 11.5 Å². The Bertz CT molecular complexity index is 498. The van der Waals surface area contributed by atoms with Crippen LogP contribution < -0.4 is 5.32 Å². The first kappa shape index (κ1) is 11.7. The Morgan fingerprint density at radius 3 is 2.76 bits per heavy atom. The Kier molecular flexibility index (Phi) is 3.81. The minimum Gasteiger partial charge on any atom is -0.304 e. The summed E-state index contributed by atoms with van der Waals surface area (Å²) in [6.45, 7) is 2.79. The topological polar surface area (TPSA) is 61.6 Å². The van der Waals surface area contributed by atoms with Gasteiger partial charge in [0.05, 0.1) is 17.3 Å². The molecule has 86 valence electrons. The van der Waals surface area contributed by atoms with Crippen LogP contribution in [0.15, 0.2) is 29.6 Å². The predicted molar refractivity (Wildman–Crippen MR) is 66.3 cm³/mol. The fourth-order valence-corrected chi connectivity index (χ4v) is 1.93. The van der Waals surface area contributed by atoms with E-state index in [4.69, 9.17) is 5.26 Å². The SMILES string of the molecule is CC(NCc1csnn1)c1ccc(C#N)cc1. The van der Waals surface area contributed by atoms with Crippen LogP contribution >= 0.6 is 11.5 Å². The first-order chi connectivity index (χ1) is 8.29. The number of aromatic nitrogens is 2. The van der Waals surface area contributed by atoms with Gasteiger partial charge in [-0.05, 0) is 36.2 Å². The van der Waals surface area contributed by atoms with Crippen molar-refractivity contribution in [3.63, 3.8) is 0 Å². The molecule has 0 aliphatic heterocycles. The second kappa shape index (κ2) is 5.53. The molecule has 1 aromatic carbocycles. The lowest BCUT2D eigenvalue weighted by Gasteiger charge is -2.13. The molecule has 5 heteroatoms. The van der Waals surface area contributed by atoms with E-state index in [2.05, 4.69) is 27.9 Å². The molecule has 0 aliphatic rings. The molecule has 4 nitrogen and oxygen atoms in total. The van der Waals surface area contributed by atoms with E-state index in [1.807, 2.05) is 29.6 Å². The molecule has 0 spiro atoms. The first-order valence-electron chi connectivity index (χ1n) is 5.29. The lowest BCUT2D eigenvalue weighted by atomic mass is 10.1. The number of hydrogen-bond acceptors (Lipinski definition) is 5. The molecule has 1 atom stereocenters. The van der Waals surface area contributed by atoms with Crippen molar-refractivity contribution in [2.45, 2.75) is 19.5 Å². The third-order valence-corrected chi connectivity index (χ3v) is 3.09. The zero-order valence-corrected chi connectivity index (χ0v) is 10.2. The zero-order chi connectivity index (χ0) is 12.1. The smallest absolute Gasteiger partial charge is 0.0991 e. The van der Waals surface area contributed by atoms with Crippen molar-refractivity contribution in [1.82, 2.24) is 14.9 Å². The molecule has 2 rings (SSSR count). The third-order valence-electron chi connectivity index (χ3n) is 2.53. The number of rotatable bonds is 4. The minimum atomic E-state index is 0.226. The van der Waals surface area contributed by atoms with Crippen LogP contribution in [-0.2, 0) is 6.54 Å². The van der Waals surface area contributed by atoms with E-state index in [0.29, 0.717) is 12.1 Å². The minimum absolute atomic E-state index is 0.226. The van der Waals surface area contributed by atoms with Crippen LogP contribution in [0, 0.1) is 11.3 Å². The molecule has 0 saturated carbocycles. The molecule has 0 radical (unpaired) electrons. The van der Waals surface area contributed by atoms with E-state index >= 15 is 0 Å². The maximum atomic E-state index is 8.72. The molecule has 0 saturated heterocycles. The van der Waals surface area contributed by atoms with Crippen molar-refractivity contribution in [3.05, 3.63) is 46.5 Å². The molecule has 1 unspecified atom stereocenters.